The SMILES string of the molecule is CC(C)(O)c1cc2nn(C3CCC(CN4CCC5(CC4)CN(Nc4cccc6c4C(=O)N(C4CCC(=O)NC4=O)C6=O)C5)CC3)cc2cc1NC(=O)c1cccc(C(F)(F)F)n1. The largest absolute Gasteiger partial charge is 0.433 e. The molecule has 1 unspecified atom stereocenters. The van der Waals surface area contributed by atoms with E-state index in [1.54, 1.807) is 44.2 Å². The summed E-state index contributed by atoms with van der Waals surface area (Å²) in [6.07, 6.45) is 3.49. The van der Waals surface area contributed by atoms with Crippen LogP contribution < -0.4 is 16.1 Å². The van der Waals surface area contributed by atoms with Crippen molar-refractivity contribution in [1.29, 1.82) is 0 Å². The normalized spacial score (nSPS) is 23.4. The molecule has 6 heterocycles. The van der Waals surface area contributed by atoms with Gasteiger partial charge in [-0.1, -0.05) is 12.1 Å². The van der Waals surface area contributed by atoms with E-state index in [1.165, 1.54) is 6.07 Å². The van der Waals surface area contributed by atoms with Crippen LogP contribution in [0.5, 0.6) is 0 Å². The fraction of sp³-hybridized carbons (Fsp3) is 0.477. The van der Waals surface area contributed by atoms with Crippen LogP contribution in [0.15, 0.2) is 54.7 Å². The van der Waals surface area contributed by atoms with E-state index >= 15 is 0 Å². The average Bonchev–Trinajstić information content (AvgIpc) is 3.75. The Morgan fingerprint density at radius 2 is 1.66 bits per heavy atom. The number of halogens is 3. The zero-order valence-corrected chi connectivity index (χ0v) is 34.4. The minimum absolute atomic E-state index is 0.0642. The highest BCUT2D eigenvalue weighted by Crippen LogP contribution is 2.43. The second-order valence-electron chi connectivity index (χ2n) is 18.1. The molecule has 4 fully saturated rings. The maximum atomic E-state index is 13.5. The predicted octanol–water partition coefficient (Wildman–Crippen LogP) is 5.49. The van der Waals surface area contributed by atoms with Crippen LogP contribution >= 0.6 is 0 Å². The maximum absolute atomic E-state index is 13.5. The van der Waals surface area contributed by atoms with E-state index in [9.17, 15) is 42.3 Å². The summed E-state index contributed by atoms with van der Waals surface area (Å²) in [5.74, 6) is -2.38. The number of carbonyl (C=O) groups excluding carboxylic acids is 5. The van der Waals surface area contributed by atoms with E-state index in [0.717, 1.165) is 93.7 Å². The summed E-state index contributed by atoms with van der Waals surface area (Å²) in [7, 11) is 0. The lowest BCUT2D eigenvalue weighted by molar-refractivity contribution is -0.141. The fourth-order valence-electron chi connectivity index (χ4n) is 9.90. The molecule has 9 rings (SSSR count). The quantitative estimate of drug-likeness (QED) is 0.156. The molecule has 1 saturated carbocycles. The molecule has 4 N–H and O–H groups in total. The number of piperidine rings is 2. The Balaban J connectivity index is 0.766. The summed E-state index contributed by atoms with van der Waals surface area (Å²) in [6, 6.07) is 10.8. The number of nitrogens with one attached hydrogen (secondary N) is 3. The molecule has 18 heteroatoms. The number of rotatable bonds is 9. The van der Waals surface area contributed by atoms with Crippen molar-refractivity contribution in [2.45, 2.75) is 89.1 Å². The Bertz CT molecular complexity index is 2480. The molecule has 2 aromatic heterocycles. The molecule has 15 nitrogen and oxygen atoms in total. The molecule has 5 aliphatic rings. The van der Waals surface area contributed by atoms with Gasteiger partial charge in [-0.05, 0) is 114 Å². The van der Waals surface area contributed by atoms with Gasteiger partial charge in [0, 0.05) is 54.3 Å². The highest BCUT2D eigenvalue weighted by Gasteiger charge is 2.48. The third-order valence-corrected chi connectivity index (χ3v) is 13.3. The summed E-state index contributed by atoms with van der Waals surface area (Å²) in [5.41, 5.74) is 2.90. The van der Waals surface area contributed by atoms with Gasteiger partial charge in [0.2, 0.25) is 11.8 Å². The van der Waals surface area contributed by atoms with Crippen molar-refractivity contribution < 1.29 is 42.3 Å². The summed E-state index contributed by atoms with van der Waals surface area (Å²) in [5, 5.41) is 23.6. The summed E-state index contributed by atoms with van der Waals surface area (Å²) in [6.45, 7) is 7.78. The second-order valence-corrected chi connectivity index (χ2v) is 18.1. The van der Waals surface area contributed by atoms with E-state index in [-0.39, 0.29) is 41.1 Å². The van der Waals surface area contributed by atoms with Gasteiger partial charge in [0.1, 0.15) is 17.4 Å². The highest BCUT2D eigenvalue weighted by atomic mass is 19.4. The van der Waals surface area contributed by atoms with Gasteiger partial charge in [0.25, 0.3) is 17.7 Å². The number of likely N-dealkylation sites (tertiary alicyclic amines) is 1. The number of anilines is 2. The van der Waals surface area contributed by atoms with E-state index in [2.05, 4.69) is 31.0 Å². The number of benzene rings is 2. The van der Waals surface area contributed by atoms with Crippen molar-refractivity contribution in [3.05, 3.63) is 82.8 Å². The number of alkyl halides is 3. The molecule has 0 bridgehead atoms. The molecule has 3 saturated heterocycles. The smallest absolute Gasteiger partial charge is 0.386 e. The fourth-order valence-corrected chi connectivity index (χ4v) is 9.90. The summed E-state index contributed by atoms with van der Waals surface area (Å²) in [4.78, 5) is 71.2. The van der Waals surface area contributed by atoms with Gasteiger partial charge in [-0.25, -0.2) is 9.99 Å². The third kappa shape index (κ3) is 7.94. The number of fused-ring (bicyclic) bond motifs is 2. The molecule has 4 aliphatic heterocycles. The number of hydrogen-bond acceptors (Lipinski definition) is 11. The van der Waals surface area contributed by atoms with Crippen molar-refractivity contribution in [1.82, 2.24) is 34.9 Å². The van der Waals surface area contributed by atoms with Gasteiger partial charge < -0.3 is 20.7 Å². The zero-order valence-electron chi connectivity index (χ0n) is 34.4. The molecule has 4 aromatic rings. The number of pyridine rings is 1. The lowest BCUT2D eigenvalue weighted by Gasteiger charge is -2.54. The molecule has 326 valence electrons. The van der Waals surface area contributed by atoms with E-state index in [1.807, 2.05) is 10.9 Å². The Labute approximate surface area is 355 Å². The lowest BCUT2D eigenvalue weighted by atomic mass is 9.72. The third-order valence-electron chi connectivity index (χ3n) is 13.3. The predicted molar refractivity (Wildman–Crippen MR) is 220 cm³/mol. The minimum Gasteiger partial charge on any atom is -0.386 e. The van der Waals surface area contributed by atoms with Gasteiger partial charge in [-0.2, -0.15) is 18.3 Å². The molecule has 5 amide bonds. The Kier molecular flexibility index (Phi) is 10.5. The molecular weight excluding hydrogens is 808 g/mol. The first-order chi connectivity index (χ1) is 29.4. The monoisotopic (exact) mass is 855 g/mol. The van der Waals surface area contributed by atoms with E-state index < -0.39 is 58.7 Å². The summed E-state index contributed by atoms with van der Waals surface area (Å²) < 4.78 is 41.8. The topological polar surface area (TPSA) is 182 Å². The minimum atomic E-state index is -4.70. The van der Waals surface area contributed by atoms with Crippen LogP contribution in [0.2, 0.25) is 0 Å². The molecule has 1 aliphatic carbocycles. The summed E-state index contributed by atoms with van der Waals surface area (Å²) >= 11 is 0. The van der Waals surface area contributed by atoms with E-state index in [4.69, 9.17) is 5.10 Å². The molecule has 2 aromatic carbocycles. The number of nitrogens with zero attached hydrogens (tertiary/aromatic N) is 6. The Hall–Kier alpha value is -5.72. The van der Waals surface area contributed by atoms with Gasteiger partial charge in [-0.3, -0.25) is 38.9 Å². The molecule has 62 heavy (non-hydrogen) atoms. The van der Waals surface area contributed by atoms with Crippen molar-refractivity contribution in [3.63, 3.8) is 0 Å². The van der Waals surface area contributed by atoms with Crippen molar-refractivity contribution >= 4 is 51.8 Å². The van der Waals surface area contributed by atoms with Crippen LogP contribution in [0.1, 0.15) is 114 Å². The first-order valence-corrected chi connectivity index (χ1v) is 21.1. The number of imide groups is 2. The number of carbonyl (C=O) groups is 5. The number of aromatic nitrogens is 3. The number of hydrazine groups is 1. The zero-order chi connectivity index (χ0) is 43.7. The first-order valence-electron chi connectivity index (χ1n) is 21.1. The maximum Gasteiger partial charge on any atom is 0.433 e. The first kappa shape index (κ1) is 41.6. The average molecular weight is 856 g/mol. The lowest BCUT2D eigenvalue weighted by Crippen LogP contribution is -2.62. The van der Waals surface area contributed by atoms with Crippen LogP contribution in [-0.4, -0.2) is 103 Å². The van der Waals surface area contributed by atoms with Gasteiger partial charge in [0.15, 0.2) is 0 Å². The standard InChI is InChI=1S/C44H48F3N9O6/c1-42(2,62)29-20-32-26(19-33(29)49-38(58)31-7-4-8-35(48-31)44(45,46)47)22-55(52-32)27-11-9-25(10-12-27)21-53-17-15-43(16-18-53)23-54(24-43)51-30-6-3-5-28-37(30)41(61)56(40(28)60)34-13-14-36(57)50-39(34)59/h3-8,19-20,22,25,27,34,51,62H,9-18,21,23-24H2,1-2H3,(H,49,58)(H,50,57,59). The van der Waals surface area contributed by atoms with Crippen LogP contribution in [0.3, 0.4) is 0 Å². The van der Waals surface area contributed by atoms with Crippen LogP contribution in [-0.2, 0) is 21.4 Å². The number of amides is 5. The molecular formula is C44H48F3N9O6. The van der Waals surface area contributed by atoms with Crippen LogP contribution in [0.4, 0.5) is 24.5 Å². The van der Waals surface area contributed by atoms with Crippen LogP contribution in [0.25, 0.3) is 10.9 Å². The molecule has 1 atom stereocenters. The van der Waals surface area contributed by atoms with E-state index in [0.29, 0.717) is 22.7 Å². The highest BCUT2D eigenvalue weighted by molar-refractivity contribution is 6.25. The van der Waals surface area contributed by atoms with Gasteiger partial charge in [0.05, 0.1) is 34.0 Å². The Morgan fingerprint density at radius 1 is 0.935 bits per heavy atom. The van der Waals surface area contributed by atoms with Crippen LogP contribution in [0, 0.1) is 11.3 Å². The molecule has 0 radical (unpaired) electrons. The van der Waals surface area contributed by atoms with Gasteiger partial charge in [-0.15, -0.1) is 0 Å². The van der Waals surface area contributed by atoms with Crippen molar-refractivity contribution in [2.24, 2.45) is 11.3 Å². The Morgan fingerprint density at radius 3 is 2.35 bits per heavy atom. The molecule has 1 spiro atoms. The van der Waals surface area contributed by atoms with Gasteiger partial charge >= 0.3 is 6.18 Å². The van der Waals surface area contributed by atoms with Crippen molar-refractivity contribution in [2.75, 3.05) is 43.5 Å². The number of aliphatic hydroxyl groups is 1. The number of hydrogen-bond donors (Lipinski definition) is 4. The second kappa shape index (κ2) is 15.6. The van der Waals surface area contributed by atoms with Crippen molar-refractivity contribution in [3.8, 4) is 0 Å².